The number of benzene rings is 1. The Labute approximate surface area is 153 Å². The van der Waals surface area contributed by atoms with E-state index in [0.29, 0.717) is 13.2 Å². The fourth-order valence-electron chi connectivity index (χ4n) is 3.41. The van der Waals surface area contributed by atoms with Gasteiger partial charge in [0.05, 0.1) is 24.2 Å². The van der Waals surface area contributed by atoms with E-state index in [1.807, 2.05) is 0 Å². The molecule has 3 rings (SSSR count). The van der Waals surface area contributed by atoms with E-state index in [2.05, 4.69) is 16.6 Å². The van der Waals surface area contributed by atoms with Crippen LogP contribution < -0.4 is 10.0 Å². The van der Waals surface area contributed by atoms with Crippen molar-refractivity contribution in [2.45, 2.75) is 42.4 Å². The molecule has 1 unspecified atom stereocenters. The van der Waals surface area contributed by atoms with Gasteiger partial charge in [-0.2, -0.15) is 0 Å². The minimum Gasteiger partial charge on any atom is -0.346 e. The van der Waals surface area contributed by atoms with Crippen LogP contribution in [0.1, 0.15) is 36.0 Å². The van der Waals surface area contributed by atoms with Gasteiger partial charge < -0.3 is 14.8 Å². The van der Waals surface area contributed by atoms with Crippen LogP contribution in [-0.2, 0) is 19.5 Å². The second-order valence-corrected chi connectivity index (χ2v) is 8.22. The van der Waals surface area contributed by atoms with Crippen LogP contribution in [0.15, 0.2) is 41.8 Å². The van der Waals surface area contributed by atoms with Crippen LogP contribution in [-0.4, -0.2) is 45.9 Å². The topological polar surface area (TPSA) is 93.7 Å². The van der Waals surface area contributed by atoms with Crippen molar-refractivity contribution < 1.29 is 22.7 Å². The van der Waals surface area contributed by atoms with Crippen LogP contribution in [0.3, 0.4) is 0 Å². The lowest BCUT2D eigenvalue weighted by Gasteiger charge is -2.39. The number of carbonyl (C=O) groups is 1. The average molecular weight is 380 g/mol. The van der Waals surface area contributed by atoms with E-state index < -0.39 is 15.8 Å². The van der Waals surface area contributed by atoms with E-state index in [1.165, 1.54) is 18.2 Å². The molecule has 8 heteroatoms. The molecule has 1 saturated carbocycles. The molecule has 1 aliphatic heterocycles. The SMILES string of the molecule is C=CCNS(=O)(=O)c1cccc(C(=O)NC2CCCCC23OCCO3)c1. The number of sulfonamides is 1. The molecule has 1 aromatic rings. The number of ether oxygens (including phenoxy) is 2. The molecule has 7 nitrogen and oxygen atoms in total. The third-order valence-electron chi connectivity index (χ3n) is 4.70. The smallest absolute Gasteiger partial charge is 0.251 e. The van der Waals surface area contributed by atoms with Crippen LogP contribution in [0, 0.1) is 0 Å². The van der Waals surface area contributed by atoms with Gasteiger partial charge in [-0.1, -0.05) is 18.6 Å². The first-order valence-corrected chi connectivity index (χ1v) is 10.2. The van der Waals surface area contributed by atoms with E-state index >= 15 is 0 Å². The molecule has 1 aromatic carbocycles. The molecule has 1 atom stereocenters. The molecule has 2 N–H and O–H groups in total. The van der Waals surface area contributed by atoms with E-state index in [4.69, 9.17) is 9.47 Å². The Balaban J connectivity index is 1.75. The normalized spacial score (nSPS) is 22.2. The molecule has 1 heterocycles. The number of nitrogens with one attached hydrogen (secondary N) is 2. The van der Waals surface area contributed by atoms with Crippen molar-refractivity contribution in [3.05, 3.63) is 42.5 Å². The van der Waals surface area contributed by atoms with Gasteiger partial charge >= 0.3 is 0 Å². The van der Waals surface area contributed by atoms with Gasteiger partial charge in [-0.3, -0.25) is 4.79 Å². The Morgan fingerprint density at radius 3 is 2.81 bits per heavy atom. The first-order valence-electron chi connectivity index (χ1n) is 8.76. The van der Waals surface area contributed by atoms with E-state index in [0.717, 1.165) is 25.7 Å². The van der Waals surface area contributed by atoms with Crippen LogP contribution in [0.4, 0.5) is 0 Å². The summed E-state index contributed by atoms with van der Waals surface area (Å²) in [6.45, 7) is 4.66. The maximum atomic E-state index is 12.7. The number of hydrogen-bond acceptors (Lipinski definition) is 5. The lowest BCUT2D eigenvalue weighted by atomic mass is 9.88. The number of hydrogen-bond donors (Lipinski definition) is 2. The zero-order valence-corrected chi connectivity index (χ0v) is 15.4. The highest BCUT2D eigenvalue weighted by Gasteiger charge is 2.46. The van der Waals surface area contributed by atoms with Gasteiger partial charge in [0.25, 0.3) is 5.91 Å². The van der Waals surface area contributed by atoms with Crippen LogP contribution >= 0.6 is 0 Å². The molecule has 2 aliphatic rings. The summed E-state index contributed by atoms with van der Waals surface area (Å²) >= 11 is 0. The summed E-state index contributed by atoms with van der Waals surface area (Å²) in [5, 5.41) is 2.97. The second-order valence-electron chi connectivity index (χ2n) is 6.45. The molecule has 1 saturated heterocycles. The molecule has 2 fully saturated rings. The summed E-state index contributed by atoms with van der Waals surface area (Å²) in [5.41, 5.74) is 0.283. The van der Waals surface area contributed by atoms with Gasteiger partial charge in [-0.15, -0.1) is 6.58 Å². The zero-order valence-electron chi connectivity index (χ0n) is 14.6. The quantitative estimate of drug-likeness (QED) is 0.731. The van der Waals surface area contributed by atoms with E-state index in [1.54, 1.807) is 12.1 Å². The summed E-state index contributed by atoms with van der Waals surface area (Å²) in [7, 11) is -3.68. The Morgan fingerprint density at radius 1 is 1.31 bits per heavy atom. The molecule has 26 heavy (non-hydrogen) atoms. The van der Waals surface area contributed by atoms with Crippen molar-refractivity contribution in [1.82, 2.24) is 10.0 Å². The predicted molar refractivity (Wildman–Crippen MR) is 96.2 cm³/mol. The standard InChI is InChI=1S/C18H24N2O5S/c1-2-10-19-26(22,23)15-7-5-6-14(13-15)17(21)20-16-8-3-4-9-18(16)24-11-12-25-18/h2,5-7,13,16,19H,1,3-4,8-12H2,(H,20,21). The van der Waals surface area contributed by atoms with Crippen LogP contribution in [0.2, 0.25) is 0 Å². The second kappa shape index (κ2) is 7.87. The van der Waals surface area contributed by atoms with E-state index in [-0.39, 0.29) is 29.0 Å². The van der Waals surface area contributed by atoms with Crippen molar-refractivity contribution in [2.75, 3.05) is 19.8 Å². The summed E-state index contributed by atoms with van der Waals surface area (Å²) in [6.07, 6.45) is 4.95. The Hall–Kier alpha value is -1.74. The average Bonchev–Trinajstić information content (AvgIpc) is 3.11. The summed E-state index contributed by atoms with van der Waals surface area (Å²) in [6, 6.07) is 5.72. The highest BCUT2D eigenvalue weighted by Crippen LogP contribution is 2.36. The largest absolute Gasteiger partial charge is 0.346 e. The first-order chi connectivity index (χ1) is 12.5. The third-order valence-corrected chi connectivity index (χ3v) is 6.13. The van der Waals surface area contributed by atoms with Gasteiger partial charge in [0.2, 0.25) is 10.0 Å². The number of carbonyl (C=O) groups excluding carboxylic acids is 1. The summed E-state index contributed by atoms with van der Waals surface area (Å²) in [5.74, 6) is -1.08. The van der Waals surface area contributed by atoms with Crippen LogP contribution in [0.5, 0.6) is 0 Å². The highest BCUT2D eigenvalue weighted by atomic mass is 32.2. The van der Waals surface area contributed by atoms with Crippen molar-refractivity contribution in [3.63, 3.8) is 0 Å². The predicted octanol–water partition coefficient (Wildman–Crippen LogP) is 1.57. The highest BCUT2D eigenvalue weighted by molar-refractivity contribution is 7.89. The summed E-state index contributed by atoms with van der Waals surface area (Å²) < 4.78 is 38.5. The molecule has 0 radical (unpaired) electrons. The zero-order chi connectivity index (χ0) is 18.6. The lowest BCUT2D eigenvalue weighted by Crippen LogP contribution is -2.55. The number of rotatable bonds is 6. The Bertz CT molecular complexity index is 772. The van der Waals surface area contributed by atoms with Crippen molar-refractivity contribution in [2.24, 2.45) is 0 Å². The van der Waals surface area contributed by atoms with Crippen molar-refractivity contribution in [1.29, 1.82) is 0 Å². The molecule has 1 aliphatic carbocycles. The third kappa shape index (κ3) is 3.98. The fraction of sp³-hybridized carbons (Fsp3) is 0.500. The maximum absolute atomic E-state index is 12.7. The minimum absolute atomic E-state index is 0.0405. The first kappa shape index (κ1) is 19.0. The van der Waals surface area contributed by atoms with Crippen molar-refractivity contribution in [3.8, 4) is 0 Å². The number of amides is 1. The Kier molecular flexibility index (Phi) is 5.76. The maximum Gasteiger partial charge on any atom is 0.251 e. The molecular formula is C18H24N2O5S. The molecule has 1 amide bonds. The lowest BCUT2D eigenvalue weighted by molar-refractivity contribution is -0.192. The monoisotopic (exact) mass is 380 g/mol. The van der Waals surface area contributed by atoms with Gasteiger partial charge in [0.1, 0.15) is 0 Å². The minimum atomic E-state index is -3.68. The molecule has 0 bridgehead atoms. The molecule has 1 spiro atoms. The fourth-order valence-corrected chi connectivity index (χ4v) is 4.45. The van der Waals surface area contributed by atoms with Gasteiger partial charge in [-0.05, 0) is 31.0 Å². The van der Waals surface area contributed by atoms with Gasteiger partial charge in [0, 0.05) is 18.5 Å². The molecule has 0 aromatic heterocycles. The molecule has 142 valence electrons. The van der Waals surface area contributed by atoms with Gasteiger partial charge in [-0.25, -0.2) is 13.1 Å². The van der Waals surface area contributed by atoms with Gasteiger partial charge in [0.15, 0.2) is 5.79 Å². The Morgan fingerprint density at radius 2 is 2.08 bits per heavy atom. The van der Waals surface area contributed by atoms with Crippen molar-refractivity contribution >= 4 is 15.9 Å². The van der Waals surface area contributed by atoms with Crippen LogP contribution in [0.25, 0.3) is 0 Å². The summed E-state index contributed by atoms with van der Waals surface area (Å²) in [4.78, 5) is 12.7. The van der Waals surface area contributed by atoms with E-state index in [9.17, 15) is 13.2 Å². The molecular weight excluding hydrogens is 356 g/mol.